The number of carboxylic acids is 1. The number of hydrogen-bond acceptors (Lipinski definition) is 4. The van der Waals surface area contributed by atoms with Crippen molar-refractivity contribution < 1.29 is 23.4 Å². The van der Waals surface area contributed by atoms with E-state index in [9.17, 15) is 13.6 Å². The molecule has 7 heteroatoms. The second-order valence-electron chi connectivity index (χ2n) is 2.63. The zero-order chi connectivity index (χ0) is 11.6. The topological polar surface area (TPSA) is 98.6 Å². The lowest BCUT2D eigenvalue weighted by Crippen LogP contribution is -2.11. The van der Waals surface area contributed by atoms with E-state index in [1.54, 1.807) is 0 Å². The van der Waals surface area contributed by atoms with Gasteiger partial charge in [-0.3, -0.25) is 0 Å². The fourth-order valence-corrected chi connectivity index (χ4v) is 1.03. The van der Waals surface area contributed by atoms with Crippen molar-refractivity contribution in [3.8, 4) is 5.75 Å². The zero-order valence-corrected chi connectivity index (χ0v) is 7.41. The molecular weight excluding hydrogens is 210 g/mol. The molecule has 0 saturated heterocycles. The van der Waals surface area contributed by atoms with Crippen molar-refractivity contribution in [3.63, 3.8) is 0 Å². The van der Waals surface area contributed by atoms with Crippen LogP contribution in [0.3, 0.4) is 0 Å². The highest BCUT2D eigenvalue weighted by Crippen LogP contribution is 2.30. The Morgan fingerprint density at radius 2 is 2.00 bits per heavy atom. The van der Waals surface area contributed by atoms with E-state index in [0.29, 0.717) is 0 Å². The Balaban J connectivity index is 3.27. The van der Waals surface area contributed by atoms with Crippen LogP contribution < -0.4 is 16.2 Å². The van der Waals surface area contributed by atoms with E-state index in [4.69, 9.17) is 16.6 Å². The molecule has 0 atom stereocenters. The van der Waals surface area contributed by atoms with E-state index in [-0.39, 0.29) is 11.4 Å². The van der Waals surface area contributed by atoms with Crippen LogP contribution in [0.4, 0.5) is 20.2 Å². The maximum atomic E-state index is 11.9. The number of nitrogens with two attached hydrogens (primary N) is 2. The summed E-state index contributed by atoms with van der Waals surface area (Å²) in [4.78, 5) is 10.7. The Morgan fingerprint density at radius 3 is 2.47 bits per heavy atom. The number of aromatic carboxylic acids is 1. The second-order valence-corrected chi connectivity index (χ2v) is 2.63. The highest BCUT2D eigenvalue weighted by molar-refractivity contribution is 5.99. The summed E-state index contributed by atoms with van der Waals surface area (Å²) in [6.07, 6.45) is 0. The largest absolute Gasteiger partial charge is 0.477 e. The molecule has 82 valence electrons. The molecule has 0 radical (unpaired) electrons. The van der Waals surface area contributed by atoms with Gasteiger partial charge in [0.1, 0.15) is 11.3 Å². The molecule has 0 aromatic heterocycles. The maximum Gasteiger partial charge on any atom is 0.387 e. The lowest BCUT2D eigenvalue weighted by Gasteiger charge is -2.11. The lowest BCUT2D eigenvalue weighted by atomic mass is 10.1. The highest BCUT2D eigenvalue weighted by atomic mass is 19.3. The number of anilines is 2. The Morgan fingerprint density at radius 1 is 1.40 bits per heavy atom. The van der Waals surface area contributed by atoms with Gasteiger partial charge in [-0.15, -0.1) is 0 Å². The quantitative estimate of drug-likeness (QED) is 0.661. The van der Waals surface area contributed by atoms with Gasteiger partial charge in [0.25, 0.3) is 0 Å². The molecule has 0 amide bonds. The molecule has 1 rings (SSSR count). The van der Waals surface area contributed by atoms with E-state index in [0.717, 1.165) is 6.07 Å². The molecule has 15 heavy (non-hydrogen) atoms. The smallest absolute Gasteiger partial charge is 0.387 e. The number of alkyl halides is 2. The van der Waals surface area contributed by atoms with Gasteiger partial charge in [0.05, 0.1) is 11.4 Å². The van der Waals surface area contributed by atoms with Crippen molar-refractivity contribution in [2.75, 3.05) is 11.5 Å². The van der Waals surface area contributed by atoms with Gasteiger partial charge >= 0.3 is 12.6 Å². The van der Waals surface area contributed by atoms with Crippen molar-refractivity contribution in [1.82, 2.24) is 0 Å². The first kappa shape index (κ1) is 11.0. The van der Waals surface area contributed by atoms with Gasteiger partial charge in [-0.1, -0.05) is 0 Å². The van der Waals surface area contributed by atoms with E-state index in [2.05, 4.69) is 4.74 Å². The van der Waals surface area contributed by atoms with Gasteiger partial charge in [0, 0.05) is 0 Å². The zero-order valence-electron chi connectivity index (χ0n) is 7.41. The highest BCUT2D eigenvalue weighted by Gasteiger charge is 2.19. The van der Waals surface area contributed by atoms with Crippen LogP contribution in [0, 0.1) is 0 Å². The number of carbonyl (C=O) groups is 1. The van der Waals surface area contributed by atoms with Crippen LogP contribution in [-0.2, 0) is 0 Å². The first-order valence-corrected chi connectivity index (χ1v) is 3.79. The van der Waals surface area contributed by atoms with E-state index in [1.807, 2.05) is 0 Å². The first-order valence-electron chi connectivity index (χ1n) is 3.79. The van der Waals surface area contributed by atoms with E-state index >= 15 is 0 Å². The second kappa shape index (κ2) is 3.99. The molecule has 0 aliphatic rings. The normalized spacial score (nSPS) is 10.3. The van der Waals surface area contributed by atoms with Crippen LogP contribution in [0.2, 0.25) is 0 Å². The number of nitrogen functional groups attached to an aromatic ring is 2. The van der Waals surface area contributed by atoms with Crippen LogP contribution in [0.15, 0.2) is 12.1 Å². The third-order valence-electron chi connectivity index (χ3n) is 1.67. The summed E-state index contributed by atoms with van der Waals surface area (Å²) >= 11 is 0. The molecule has 0 saturated carbocycles. The van der Waals surface area contributed by atoms with Crippen LogP contribution in [-0.4, -0.2) is 17.7 Å². The molecule has 0 bridgehead atoms. The van der Waals surface area contributed by atoms with Crippen molar-refractivity contribution in [2.45, 2.75) is 6.61 Å². The molecule has 0 aliphatic carbocycles. The summed E-state index contributed by atoms with van der Waals surface area (Å²) < 4.78 is 27.8. The van der Waals surface area contributed by atoms with Crippen molar-refractivity contribution >= 4 is 17.3 Å². The Kier molecular flexibility index (Phi) is 2.93. The molecule has 0 heterocycles. The minimum atomic E-state index is -3.12. The third kappa shape index (κ3) is 2.25. The number of benzene rings is 1. The Labute approximate surface area is 83.2 Å². The predicted molar refractivity (Wildman–Crippen MR) is 48.9 cm³/mol. The maximum absolute atomic E-state index is 11.9. The summed E-state index contributed by atoms with van der Waals surface area (Å²) in [7, 11) is 0. The molecule has 1 aromatic rings. The predicted octanol–water partition coefficient (Wildman–Crippen LogP) is 1.15. The minimum absolute atomic E-state index is 0.00554. The summed E-state index contributed by atoms with van der Waals surface area (Å²) in [5.41, 5.74) is 9.80. The molecule has 0 unspecified atom stereocenters. The summed E-state index contributed by atoms with van der Waals surface area (Å²) in [5, 5.41) is 8.72. The molecule has 5 N–H and O–H groups in total. The van der Waals surface area contributed by atoms with Crippen molar-refractivity contribution in [3.05, 3.63) is 17.7 Å². The van der Waals surface area contributed by atoms with Gasteiger partial charge in [0.15, 0.2) is 0 Å². The molecule has 5 nitrogen and oxygen atoms in total. The molecule has 1 aromatic carbocycles. The molecular formula is C8H8F2N2O3. The SMILES string of the molecule is Nc1ccc(OC(F)F)c(C(=O)O)c1N. The average Bonchev–Trinajstić information content (AvgIpc) is 2.10. The van der Waals surface area contributed by atoms with Crippen LogP contribution in [0.1, 0.15) is 10.4 Å². The number of rotatable bonds is 3. The van der Waals surface area contributed by atoms with Gasteiger partial charge in [-0.2, -0.15) is 8.78 Å². The Bertz CT molecular complexity index is 396. The van der Waals surface area contributed by atoms with Crippen LogP contribution >= 0.6 is 0 Å². The third-order valence-corrected chi connectivity index (χ3v) is 1.67. The fourth-order valence-electron chi connectivity index (χ4n) is 1.03. The van der Waals surface area contributed by atoms with E-state index < -0.39 is 23.9 Å². The van der Waals surface area contributed by atoms with Crippen molar-refractivity contribution in [1.29, 1.82) is 0 Å². The lowest BCUT2D eigenvalue weighted by molar-refractivity contribution is -0.0502. The molecule has 0 spiro atoms. The molecule has 0 fully saturated rings. The van der Waals surface area contributed by atoms with Crippen LogP contribution in [0.5, 0.6) is 5.75 Å². The van der Waals surface area contributed by atoms with Crippen molar-refractivity contribution in [2.24, 2.45) is 0 Å². The summed E-state index contributed by atoms with van der Waals surface area (Å²) in [6, 6.07) is 2.22. The number of ether oxygens (including phenoxy) is 1. The standard InChI is InChI=1S/C8H8F2N2O3/c9-8(10)15-4-2-1-3(11)6(12)5(4)7(13)14/h1-2,8H,11-12H2,(H,13,14). The van der Waals surface area contributed by atoms with Gasteiger partial charge < -0.3 is 21.3 Å². The first-order chi connectivity index (χ1) is 6.93. The number of carboxylic acid groups (broad SMARTS) is 1. The monoisotopic (exact) mass is 218 g/mol. The summed E-state index contributed by atoms with van der Waals surface area (Å²) in [6.45, 7) is -3.12. The van der Waals surface area contributed by atoms with Gasteiger partial charge in [-0.25, -0.2) is 4.79 Å². The minimum Gasteiger partial charge on any atom is -0.477 e. The van der Waals surface area contributed by atoms with Gasteiger partial charge in [0.2, 0.25) is 0 Å². The molecule has 0 aliphatic heterocycles. The fraction of sp³-hybridized carbons (Fsp3) is 0.125. The Hall–Kier alpha value is -2.05. The average molecular weight is 218 g/mol. The number of halogens is 2. The van der Waals surface area contributed by atoms with E-state index in [1.165, 1.54) is 6.07 Å². The van der Waals surface area contributed by atoms with Crippen LogP contribution in [0.25, 0.3) is 0 Å². The summed E-state index contributed by atoms with van der Waals surface area (Å²) in [5.74, 6) is -1.99. The van der Waals surface area contributed by atoms with Gasteiger partial charge in [-0.05, 0) is 12.1 Å². The number of hydrogen-bond donors (Lipinski definition) is 3.